The average molecular weight is 331 g/mol. The smallest absolute Gasteiger partial charge is 0.208 e. The first-order chi connectivity index (χ1) is 8.15. The standard InChI is InChI=1S/C10H11BrN4S2/c1-15(2)9-13-14-10(17-9)16-6-7-3-8(11)5-12-4-7/h3-5H,6H2,1-2H3. The van der Waals surface area contributed by atoms with E-state index >= 15 is 0 Å². The first-order valence-corrected chi connectivity index (χ1v) is 7.48. The lowest BCUT2D eigenvalue weighted by molar-refractivity contribution is 0.972. The van der Waals surface area contributed by atoms with E-state index in [9.17, 15) is 0 Å². The van der Waals surface area contributed by atoms with Gasteiger partial charge in [-0.15, -0.1) is 10.2 Å². The Morgan fingerprint density at radius 3 is 2.82 bits per heavy atom. The predicted octanol–water partition coefficient (Wildman–Crippen LogP) is 3.05. The van der Waals surface area contributed by atoms with Gasteiger partial charge in [0.2, 0.25) is 5.13 Å². The van der Waals surface area contributed by atoms with E-state index < -0.39 is 0 Å². The van der Waals surface area contributed by atoms with Gasteiger partial charge in [0.15, 0.2) is 4.34 Å². The molecule has 0 radical (unpaired) electrons. The van der Waals surface area contributed by atoms with Gasteiger partial charge in [-0.05, 0) is 27.6 Å². The monoisotopic (exact) mass is 330 g/mol. The van der Waals surface area contributed by atoms with E-state index in [-0.39, 0.29) is 0 Å². The summed E-state index contributed by atoms with van der Waals surface area (Å²) < 4.78 is 1.98. The van der Waals surface area contributed by atoms with Crippen molar-refractivity contribution in [2.24, 2.45) is 0 Å². The van der Waals surface area contributed by atoms with Crippen molar-refractivity contribution in [3.05, 3.63) is 28.5 Å². The van der Waals surface area contributed by atoms with E-state index in [0.717, 1.165) is 19.7 Å². The molecule has 4 nitrogen and oxygen atoms in total. The minimum Gasteiger partial charge on any atom is -0.353 e. The Hall–Kier alpha value is -0.660. The lowest BCUT2D eigenvalue weighted by Gasteiger charge is -2.03. The zero-order valence-electron chi connectivity index (χ0n) is 9.42. The molecular formula is C10H11BrN4S2. The Kier molecular flexibility index (Phi) is 4.36. The zero-order valence-corrected chi connectivity index (χ0v) is 12.6. The number of thioether (sulfide) groups is 1. The van der Waals surface area contributed by atoms with Crippen LogP contribution in [-0.2, 0) is 5.75 Å². The van der Waals surface area contributed by atoms with Crippen LogP contribution < -0.4 is 4.90 Å². The maximum atomic E-state index is 4.13. The summed E-state index contributed by atoms with van der Waals surface area (Å²) in [5.41, 5.74) is 1.17. The summed E-state index contributed by atoms with van der Waals surface area (Å²) in [5, 5.41) is 9.16. The fraction of sp³-hybridized carbons (Fsp3) is 0.300. The molecule has 0 aliphatic heterocycles. The topological polar surface area (TPSA) is 41.9 Å². The van der Waals surface area contributed by atoms with Crippen molar-refractivity contribution in [1.29, 1.82) is 0 Å². The number of halogens is 1. The molecule has 0 saturated heterocycles. The van der Waals surface area contributed by atoms with E-state index in [0.29, 0.717) is 0 Å². The summed E-state index contributed by atoms with van der Waals surface area (Å²) in [6.45, 7) is 0. The maximum absolute atomic E-state index is 4.13. The Morgan fingerprint density at radius 2 is 2.18 bits per heavy atom. The molecule has 0 aliphatic rings. The zero-order chi connectivity index (χ0) is 12.3. The van der Waals surface area contributed by atoms with Gasteiger partial charge in [-0.1, -0.05) is 23.1 Å². The summed E-state index contributed by atoms with van der Waals surface area (Å²) in [5.74, 6) is 0.856. The summed E-state index contributed by atoms with van der Waals surface area (Å²) in [6, 6.07) is 2.06. The SMILES string of the molecule is CN(C)c1nnc(SCc2cncc(Br)c2)s1. The van der Waals surface area contributed by atoms with Crippen LogP contribution in [0.5, 0.6) is 0 Å². The second kappa shape index (κ2) is 5.79. The summed E-state index contributed by atoms with van der Waals surface area (Å²) in [4.78, 5) is 6.09. The normalized spacial score (nSPS) is 10.5. The quantitative estimate of drug-likeness (QED) is 0.806. The minimum absolute atomic E-state index is 0.856. The molecule has 0 aromatic carbocycles. The first-order valence-electron chi connectivity index (χ1n) is 4.88. The molecule has 0 unspecified atom stereocenters. The second-order valence-corrected chi connectivity index (χ2v) is 6.64. The molecule has 2 aromatic rings. The van der Waals surface area contributed by atoms with E-state index in [1.54, 1.807) is 29.3 Å². The molecule has 0 fully saturated rings. The fourth-order valence-electron chi connectivity index (χ4n) is 1.12. The molecule has 0 spiro atoms. The lowest BCUT2D eigenvalue weighted by Crippen LogP contribution is -2.07. The average Bonchev–Trinajstić information content (AvgIpc) is 2.75. The Morgan fingerprint density at radius 1 is 1.35 bits per heavy atom. The van der Waals surface area contributed by atoms with Crippen LogP contribution in [0.25, 0.3) is 0 Å². The first kappa shape index (κ1) is 12.8. The number of hydrogen-bond acceptors (Lipinski definition) is 6. The van der Waals surface area contributed by atoms with Crippen LogP contribution in [0.2, 0.25) is 0 Å². The van der Waals surface area contributed by atoms with Gasteiger partial charge >= 0.3 is 0 Å². The molecule has 2 aromatic heterocycles. The largest absolute Gasteiger partial charge is 0.353 e. The molecule has 7 heteroatoms. The molecule has 0 aliphatic carbocycles. The molecule has 2 heterocycles. The van der Waals surface area contributed by atoms with Gasteiger partial charge < -0.3 is 4.90 Å². The highest BCUT2D eigenvalue weighted by molar-refractivity contribution is 9.10. The molecule has 90 valence electrons. The van der Waals surface area contributed by atoms with Gasteiger partial charge in [-0.3, -0.25) is 4.98 Å². The van der Waals surface area contributed by atoms with Gasteiger partial charge in [0.05, 0.1) is 0 Å². The molecule has 17 heavy (non-hydrogen) atoms. The van der Waals surface area contributed by atoms with Crippen molar-refractivity contribution in [3.8, 4) is 0 Å². The van der Waals surface area contributed by atoms with E-state index in [1.165, 1.54) is 5.56 Å². The van der Waals surface area contributed by atoms with E-state index in [2.05, 4.69) is 37.2 Å². The Labute approximate surface area is 117 Å². The highest BCUT2D eigenvalue weighted by Crippen LogP contribution is 2.29. The highest BCUT2D eigenvalue weighted by Gasteiger charge is 2.06. The Balaban J connectivity index is 1.97. The van der Waals surface area contributed by atoms with Crippen molar-refractivity contribution in [1.82, 2.24) is 15.2 Å². The number of anilines is 1. The van der Waals surface area contributed by atoms with Crippen molar-refractivity contribution in [2.45, 2.75) is 10.1 Å². The molecular weight excluding hydrogens is 320 g/mol. The van der Waals surface area contributed by atoms with Crippen LogP contribution in [0.4, 0.5) is 5.13 Å². The van der Waals surface area contributed by atoms with E-state index in [1.807, 2.05) is 25.2 Å². The number of rotatable bonds is 4. The van der Waals surface area contributed by atoms with Crippen LogP contribution >= 0.6 is 39.0 Å². The van der Waals surface area contributed by atoms with Crippen LogP contribution in [0.3, 0.4) is 0 Å². The van der Waals surface area contributed by atoms with Crippen LogP contribution in [0, 0.1) is 0 Å². The molecule has 2 rings (SSSR count). The summed E-state index contributed by atoms with van der Waals surface area (Å²) in [7, 11) is 3.93. The molecule has 0 amide bonds. The predicted molar refractivity (Wildman–Crippen MR) is 75.7 cm³/mol. The number of pyridine rings is 1. The third-order valence-corrected chi connectivity index (χ3v) is 4.63. The molecule has 0 atom stereocenters. The number of hydrogen-bond donors (Lipinski definition) is 0. The molecule has 0 N–H and O–H groups in total. The maximum Gasteiger partial charge on any atom is 0.208 e. The highest BCUT2D eigenvalue weighted by atomic mass is 79.9. The van der Waals surface area contributed by atoms with Gasteiger partial charge in [0.1, 0.15) is 0 Å². The van der Waals surface area contributed by atoms with Gasteiger partial charge in [0, 0.05) is 36.7 Å². The minimum atomic E-state index is 0.856. The number of nitrogens with zero attached hydrogens (tertiary/aromatic N) is 4. The van der Waals surface area contributed by atoms with Crippen molar-refractivity contribution < 1.29 is 0 Å². The number of aromatic nitrogens is 3. The third kappa shape index (κ3) is 3.65. The summed E-state index contributed by atoms with van der Waals surface area (Å²) in [6.07, 6.45) is 3.65. The van der Waals surface area contributed by atoms with Gasteiger partial charge in [0.25, 0.3) is 0 Å². The van der Waals surface area contributed by atoms with Gasteiger partial charge in [-0.25, -0.2) is 0 Å². The second-order valence-electron chi connectivity index (χ2n) is 3.55. The van der Waals surface area contributed by atoms with Crippen LogP contribution in [-0.4, -0.2) is 29.3 Å². The van der Waals surface area contributed by atoms with Crippen molar-refractivity contribution in [2.75, 3.05) is 19.0 Å². The Bertz CT molecular complexity index is 501. The van der Waals surface area contributed by atoms with Crippen LogP contribution in [0.15, 0.2) is 27.3 Å². The summed E-state index contributed by atoms with van der Waals surface area (Å²) >= 11 is 6.68. The van der Waals surface area contributed by atoms with Crippen LogP contribution in [0.1, 0.15) is 5.56 Å². The van der Waals surface area contributed by atoms with E-state index in [4.69, 9.17) is 0 Å². The van der Waals surface area contributed by atoms with Crippen molar-refractivity contribution >= 4 is 44.2 Å². The fourth-order valence-corrected chi connectivity index (χ4v) is 3.22. The molecule has 0 saturated carbocycles. The molecule has 0 bridgehead atoms. The van der Waals surface area contributed by atoms with Crippen molar-refractivity contribution in [3.63, 3.8) is 0 Å². The third-order valence-electron chi connectivity index (χ3n) is 1.90. The van der Waals surface area contributed by atoms with Gasteiger partial charge in [-0.2, -0.15) is 0 Å². The lowest BCUT2D eigenvalue weighted by atomic mass is 10.3.